The Balaban J connectivity index is 1.53. The molecule has 7 N–H and O–H groups in total. The summed E-state index contributed by atoms with van der Waals surface area (Å²) < 4.78 is 27.6. The highest BCUT2D eigenvalue weighted by molar-refractivity contribution is 5.45. The fourth-order valence-corrected chi connectivity index (χ4v) is 4.95. The molecule has 2 saturated heterocycles. The Morgan fingerprint density at radius 2 is 1.63 bits per heavy atom. The van der Waals surface area contributed by atoms with Crippen LogP contribution in [0.1, 0.15) is 17.2 Å². The number of phenolic OH excluding ortho intramolecular Hbond substituents is 1. The van der Waals surface area contributed by atoms with E-state index in [2.05, 4.69) is 0 Å². The average Bonchev–Trinajstić information content (AvgIpc) is 3.25. The third-order valence-corrected chi connectivity index (χ3v) is 7.13. The van der Waals surface area contributed by atoms with Crippen LogP contribution >= 0.6 is 0 Å². The Labute approximate surface area is 219 Å². The van der Waals surface area contributed by atoms with E-state index in [1.807, 2.05) is 0 Å². The molecule has 0 radical (unpaired) electrons. The average molecular weight is 539 g/mol. The molecule has 12 heteroatoms. The summed E-state index contributed by atoms with van der Waals surface area (Å²) in [4.78, 5) is 0. The van der Waals surface area contributed by atoms with E-state index in [1.165, 1.54) is 26.4 Å². The van der Waals surface area contributed by atoms with Gasteiger partial charge in [0.1, 0.15) is 24.4 Å². The molecule has 210 valence electrons. The number of rotatable bonds is 9. The minimum atomic E-state index is -1.60. The molecule has 0 aliphatic carbocycles. The van der Waals surface area contributed by atoms with Gasteiger partial charge in [0.25, 0.3) is 0 Å². The highest BCUT2D eigenvalue weighted by Crippen LogP contribution is 2.45. The lowest BCUT2D eigenvalue weighted by Crippen LogP contribution is -2.60. The van der Waals surface area contributed by atoms with Gasteiger partial charge in [0.15, 0.2) is 23.0 Å². The topological polar surface area (TPSA) is 188 Å². The van der Waals surface area contributed by atoms with E-state index >= 15 is 0 Å². The summed E-state index contributed by atoms with van der Waals surface area (Å²) >= 11 is 0. The molecule has 0 bridgehead atoms. The molecule has 2 fully saturated rings. The largest absolute Gasteiger partial charge is 0.504 e. The maximum absolute atomic E-state index is 11.4. The van der Waals surface area contributed by atoms with Crippen molar-refractivity contribution >= 4 is 0 Å². The predicted octanol–water partition coefficient (Wildman–Crippen LogP) is -0.758. The Hall–Kier alpha value is -2.68. The first kappa shape index (κ1) is 28.3. The first-order valence-electron chi connectivity index (χ1n) is 12.1. The van der Waals surface area contributed by atoms with Crippen LogP contribution in [0.15, 0.2) is 36.4 Å². The number of aromatic hydroxyl groups is 1. The zero-order valence-electron chi connectivity index (χ0n) is 21.0. The second kappa shape index (κ2) is 11.6. The number of phenols is 1. The predicted molar refractivity (Wildman–Crippen MR) is 130 cm³/mol. The van der Waals surface area contributed by atoms with E-state index < -0.39 is 54.9 Å². The standard InChI is InChI=1S/C26H34O12/c1-34-18-7-13(3-5-16(18)29)9-26(33)12-36-24(15(26)10-27)14-4-6-17(19(8-14)35-2)37-25-23(32)22(31)21(30)20(11-28)38-25/h3-8,15,20-25,27-33H,9-12H2,1-2H3/t15-,20-,21-,22+,23-,24+,25+,26+/m1/s1. The summed E-state index contributed by atoms with van der Waals surface area (Å²) in [5, 5.41) is 71.2. The Morgan fingerprint density at radius 1 is 0.895 bits per heavy atom. The number of hydrogen-bond acceptors (Lipinski definition) is 12. The van der Waals surface area contributed by atoms with Crippen LogP contribution in [-0.4, -0.2) is 106 Å². The molecule has 2 aliphatic heterocycles. The van der Waals surface area contributed by atoms with Crippen LogP contribution in [-0.2, 0) is 15.9 Å². The SMILES string of the molecule is COc1cc(C[C@]2(O)CO[C@@H](c3ccc(O[C@H]4O[C@H](CO)[C@@H](O)[C@H](O)[C@H]4O)c(OC)c3)[C@H]2CO)ccc1O. The third-order valence-electron chi connectivity index (χ3n) is 7.13. The number of ether oxygens (including phenoxy) is 5. The van der Waals surface area contributed by atoms with Crippen molar-refractivity contribution in [1.82, 2.24) is 0 Å². The van der Waals surface area contributed by atoms with Crippen LogP contribution in [0.25, 0.3) is 0 Å². The summed E-state index contributed by atoms with van der Waals surface area (Å²) in [7, 11) is 2.82. The van der Waals surface area contributed by atoms with E-state index in [0.29, 0.717) is 11.1 Å². The van der Waals surface area contributed by atoms with Crippen LogP contribution in [0, 0.1) is 5.92 Å². The summed E-state index contributed by atoms with van der Waals surface area (Å²) in [6, 6.07) is 9.51. The van der Waals surface area contributed by atoms with Crippen molar-refractivity contribution in [3.8, 4) is 23.0 Å². The van der Waals surface area contributed by atoms with Crippen LogP contribution < -0.4 is 14.2 Å². The minimum absolute atomic E-state index is 0.0272. The van der Waals surface area contributed by atoms with Gasteiger partial charge in [-0.05, 0) is 35.4 Å². The van der Waals surface area contributed by atoms with Crippen molar-refractivity contribution in [2.24, 2.45) is 5.92 Å². The summed E-state index contributed by atoms with van der Waals surface area (Å²) in [6.45, 7) is -1.03. The van der Waals surface area contributed by atoms with Gasteiger partial charge in [-0.2, -0.15) is 0 Å². The molecule has 2 aromatic rings. The van der Waals surface area contributed by atoms with Gasteiger partial charge in [-0.3, -0.25) is 0 Å². The molecule has 4 rings (SSSR count). The van der Waals surface area contributed by atoms with Crippen molar-refractivity contribution in [3.63, 3.8) is 0 Å². The van der Waals surface area contributed by atoms with Crippen molar-refractivity contribution in [2.75, 3.05) is 34.0 Å². The number of aliphatic hydroxyl groups excluding tert-OH is 5. The lowest BCUT2D eigenvalue weighted by atomic mass is 9.80. The molecule has 8 atom stereocenters. The van der Waals surface area contributed by atoms with Crippen molar-refractivity contribution in [1.29, 1.82) is 0 Å². The van der Waals surface area contributed by atoms with Gasteiger partial charge < -0.3 is 59.4 Å². The fraction of sp³-hybridized carbons (Fsp3) is 0.538. The van der Waals surface area contributed by atoms with Crippen LogP contribution in [0.2, 0.25) is 0 Å². The Morgan fingerprint density at radius 3 is 2.29 bits per heavy atom. The van der Waals surface area contributed by atoms with Crippen LogP contribution in [0.5, 0.6) is 23.0 Å². The molecule has 0 amide bonds. The van der Waals surface area contributed by atoms with E-state index in [9.17, 15) is 35.7 Å². The molecule has 0 unspecified atom stereocenters. The zero-order valence-corrected chi connectivity index (χ0v) is 21.0. The summed E-state index contributed by atoms with van der Waals surface area (Å²) in [6.07, 6.45) is -7.80. The number of methoxy groups -OCH3 is 2. The molecular formula is C26H34O12. The molecule has 2 heterocycles. The maximum atomic E-state index is 11.4. The Bertz CT molecular complexity index is 1090. The zero-order chi connectivity index (χ0) is 27.6. The van der Waals surface area contributed by atoms with Crippen LogP contribution in [0.4, 0.5) is 0 Å². The molecule has 12 nitrogen and oxygen atoms in total. The van der Waals surface area contributed by atoms with Crippen LogP contribution in [0.3, 0.4) is 0 Å². The number of benzene rings is 2. The minimum Gasteiger partial charge on any atom is -0.504 e. The lowest BCUT2D eigenvalue weighted by molar-refractivity contribution is -0.277. The molecule has 0 spiro atoms. The van der Waals surface area contributed by atoms with Gasteiger partial charge >= 0.3 is 0 Å². The van der Waals surface area contributed by atoms with E-state index in [1.54, 1.807) is 24.3 Å². The summed E-state index contributed by atoms with van der Waals surface area (Å²) in [5.74, 6) is -0.101. The monoisotopic (exact) mass is 538 g/mol. The van der Waals surface area contributed by atoms with E-state index in [0.717, 1.165) is 0 Å². The highest BCUT2D eigenvalue weighted by atomic mass is 16.7. The van der Waals surface area contributed by atoms with E-state index in [-0.39, 0.29) is 42.6 Å². The quantitative estimate of drug-likeness (QED) is 0.212. The molecule has 2 aliphatic rings. The lowest BCUT2D eigenvalue weighted by Gasteiger charge is -2.39. The molecule has 0 saturated carbocycles. The fourth-order valence-electron chi connectivity index (χ4n) is 4.95. The number of hydrogen-bond donors (Lipinski definition) is 7. The second-order valence-corrected chi connectivity index (χ2v) is 9.53. The van der Waals surface area contributed by atoms with E-state index in [4.69, 9.17) is 23.7 Å². The molecule has 0 aromatic heterocycles. The second-order valence-electron chi connectivity index (χ2n) is 9.53. The first-order valence-corrected chi connectivity index (χ1v) is 12.1. The van der Waals surface area contributed by atoms with Gasteiger partial charge in [-0.25, -0.2) is 0 Å². The van der Waals surface area contributed by atoms with Gasteiger partial charge in [0.2, 0.25) is 6.29 Å². The maximum Gasteiger partial charge on any atom is 0.229 e. The van der Waals surface area contributed by atoms with Gasteiger partial charge in [0.05, 0.1) is 45.7 Å². The first-order chi connectivity index (χ1) is 18.1. The van der Waals surface area contributed by atoms with Gasteiger partial charge in [0, 0.05) is 12.3 Å². The van der Waals surface area contributed by atoms with Crippen molar-refractivity contribution in [2.45, 2.75) is 48.8 Å². The number of aliphatic hydroxyl groups is 6. The van der Waals surface area contributed by atoms with Gasteiger partial charge in [-0.1, -0.05) is 12.1 Å². The molecule has 2 aromatic carbocycles. The smallest absolute Gasteiger partial charge is 0.229 e. The third kappa shape index (κ3) is 5.40. The molecule has 38 heavy (non-hydrogen) atoms. The molecular weight excluding hydrogens is 504 g/mol. The van der Waals surface area contributed by atoms with Gasteiger partial charge in [-0.15, -0.1) is 0 Å². The Kier molecular flexibility index (Phi) is 8.65. The highest BCUT2D eigenvalue weighted by Gasteiger charge is 2.49. The van der Waals surface area contributed by atoms with Crippen molar-refractivity contribution in [3.05, 3.63) is 47.5 Å². The normalized spacial score (nSPS) is 33.2. The summed E-state index contributed by atoms with van der Waals surface area (Å²) in [5.41, 5.74) is -0.146. The van der Waals surface area contributed by atoms with Crippen molar-refractivity contribution < 1.29 is 59.4 Å².